The second-order valence-corrected chi connectivity index (χ2v) is 2.53. The minimum Gasteiger partial charge on any atom is -0.507 e. The second kappa shape index (κ2) is 3.14. The van der Waals surface area contributed by atoms with Crippen LogP contribution < -0.4 is 11.5 Å². The molecule has 1 rings (SSSR count). The van der Waals surface area contributed by atoms with Crippen LogP contribution in [0.5, 0.6) is 5.75 Å². The number of hydrogen-bond donors (Lipinski definition) is 5. The molecule has 5 nitrogen and oxygen atoms in total. The van der Waals surface area contributed by atoms with Crippen LogP contribution in [0.4, 0.5) is 0 Å². The topological polar surface area (TPSA) is 120 Å². The first-order valence-electron chi connectivity index (χ1n) is 3.54. The third-order valence-corrected chi connectivity index (χ3v) is 1.60. The van der Waals surface area contributed by atoms with E-state index in [1.54, 1.807) is 6.07 Å². The largest absolute Gasteiger partial charge is 0.507 e. The summed E-state index contributed by atoms with van der Waals surface area (Å²) in [5.41, 5.74) is 10.8. The number of benzene rings is 1. The Kier molecular flexibility index (Phi) is 2.19. The van der Waals surface area contributed by atoms with Crippen LogP contribution in [0, 0.1) is 10.8 Å². The first-order valence-corrected chi connectivity index (χ1v) is 3.54. The molecule has 68 valence electrons. The van der Waals surface area contributed by atoms with Crippen molar-refractivity contribution in [1.29, 1.82) is 10.8 Å². The Balaban J connectivity index is 3.43. The molecule has 1 aromatic rings. The third kappa shape index (κ3) is 1.58. The molecule has 0 radical (unpaired) electrons. The summed E-state index contributed by atoms with van der Waals surface area (Å²) in [7, 11) is 0. The van der Waals surface area contributed by atoms with Crippen molar-refractivity contribution in [1.82, 2.24) is 0 Å². The smallest absolute Gasteiger partial charge is 0.127 e. The predicted molar refractivity (Wildman–Crippen MR) is 50.1 cm³/mol. The number of phenolic OH excluding ortho intramolecular Hbond substituents is 1. The van der Waals surface area contributed by atoms with Gasteiger partial charge in [-0.2, -0.15) is 0 Å². The average Bonchev–Trinajstić information content (AvgIpc) is 2.02. The lowest BCUT2D eigenvalue weighted by Gasteiger charge is -2.07. The van der Waals surface area contributed by atoms with Crippen molar-refractivity contribution in [3.8, 4) is 5.75 Å². The lowest BCUT2D eigenvalue weighted by molar-refractivity contribution is 0.474. The van der Waals surface area contributed by atoms with E-state index in [4.69, 9.17) is 22.3 Å². The summed E-state index contributed by atoms with van der Waals surface area (Å²) in [6.07, 6.45) is 0. The van der Waals surface area contributed by atoms with Crippen LogP contribution >= 0.6 is 0 Å². The molecular weight excluding hydrogens is 168 g/mol. The van der Waals surface area contributed by atoms with Crippen molar-refractivity contribution >= 4 is 11.7 Å². The van der Waals surface area contributed by atoms with Gasteiger partial charge in [-0.25, -0.2) is 0 Å². The van der Waals surface area contributed by atoms with Gasteiger partial charge < -0.3 is 16.6 Å². The highest BCUT2D eigenvalue weighted by Crippen LogP contribution is 2.19. The van der Waals surface area contributed by atoms with E-state index in [0.717, 1.165) is 0 Å². The number of nitrogen functional groups attached to an aromatic ring is 2. The zero-order valence-electron chi connectivity index (χ0n) is 6.83. The van der Waals surface area contributed by atoms with Gasteiger partial charge in [-0.05, 0) is 6.07 Å². The van der Waals surface area contributed by atoms with Crippen LogP contribution in [0.25, 0.3) is 0 Å². The van der Waals surface area contributed by atoms with E-state index in [1.165, 1.54) is 12.1 Å². The van der Waals surface area contributed by atoms with Gasteiger partial charge in [-0.15, -0.1) is 0 Å². The fourth-order valence-electron chi connectivity index (χ4n) is 1.05. The fourth-order valence-corrected chi connectivity index (χ4v) is 1.05. The Hall–Kier alpha value is -2.04. The molecule has 7 N–H and O–H groups in total. The molecular formula is C8H10N4O. The molecule has 0 unspecified atom stereocenters. The van der Waals surface area contributed by atoms with Crippen LogP contribution in [0.2, 0.25) is 0 Å². The minimum atomic E-state index is -0.302. The molecule has 0 aromatic heterocycles. The van der Waals surface area contributed by atoms with E-state index in [0.29, 0.717) is 0 Å². The van der Waals surface area contributed by atoms with E-state index < -0.39 is 0 Å². The zero-order valence-corrected chi connectivity index (χ0v) is 6.83. The molecule has 0 aliphatic rings. The molecule has 13 heavy (non-hydrogen) atoms. The number of hydrogen-bond acceptors (Lipinski definition) is 3. The Labute approximate surface area is 75.0 Å². The number of amidine groups is 2. The molecule has 0 aliphatic heterocycles. The summed E-state index contributed by atoms with van der Waals surface area (Å²) in [4.78, 5) is 0. The van der Waals surface area contributed by atoms with E-state index >= 15 is 0 Å². The van der Waals surface area contributed by atoms with Crippen LogP contribution in [0.3, 0.4) is 0 Å². The SMILES string of the molecule is N=C(N)c1cccc(O)c1C(=N)N. The summed E-state index contributed by atoms with van der Waals surface area (Å²) < 4.78 is 0. The van der Waals surface area contributed by atoms with Crippen molar-refractivity contribution in [3.05, 3.63) is 29.3 Å². The minimum absolute atomic E-state index is 0.106. The molecule has 0 fully saturated rings. The number of phenols is 1. The van der Waals surface area contributed by atoms with Gasteiger partial charge in [0.1, 0.15) is 17.4 Å². The zero-order chi connectivity index (χ0) is 10.0. The van der Waals surface area contributed by atoms with Gasteiger partial charge in [-0.3, -0.25) is 10.8 Å². The van der Waals surface area contributed by atoms with Gasteiger partial charge in [0, 0.05) is 5.56 Å². The molecule has 0 amide bonds. The molecule has 0 bridgehead atoms. The first kappa shape index (κ1) is 9.05. The van der Waals surface area contributed by atoms with E-state index in [-0.39, 0.29) is 28.5 Å². The summed E-state index contributed by atoms with van der Waals surface area (Å²) in [5, 5.41) is 23.7. The second-order valence-electron chi connectivity index (χ2n) is 2.53. The van der Waals surface area contributed by atoms with E-state index in [9.17, 15) is 5.11 Å². The summed E-state index contributed by atoms with van der Waals surface area (Å²) in [6, 6.07) is 4.46. The van der Waals surface area contributed by atoms with Crippen LogP contribution in [0.15, 0.2) is 18.2 Å². The van der Waals surface area contributed by atoms with Crippen molar-refractivity contribution < 1.29 is 5.11 Å². The van der Waals surface area contributed by atoms with Crippen molar-refractivity contribution in [2.45, 2.75) is 0 Å². The Morgan fingerprint density at radius 2 is 1.77 bits per heavy atom. The van der Waals surface area contributed by atoms with Gasteiger partial charge in [0.15, 0.2) is 0 Å². The first-order chi connectivity index (χ1) is 6.04. The molecule has 0 aliphatic carbocycles. The maximum atomic E-state index is 9.34. The van der Waals surface area contributed by atoms with Crippen molar-refractivity contribution in [2.24, 2.45) is 11.5 Å². The highest BCUT2D eigenvalue weighted by molar-refractivity contribution is 6.09. The summed E-state index contributed by atoms with van der Waals surface area (Å²) in [5.74, 6) is -0.662. The maximum absolute atomic E-state index is 9.34. The van der Waals surface area contributed by atoms with Crippen molar-refractivity contribution in [3.63, 3.8) is 0 Å². The number of nitrogens with one attached hydrogen (secondary N) is 2. The summed E-state index contributed by atoms with van der Waals surface area (Å²) in [6.45, 7) is 0. The lowest BCUT2D eigenvalue weighted by Crippen LogP contribution is -2.20. The monoisotopic (exact) mass is 178 g/mol. The predicted octanol–water partition coefficient (Wildman–Crippen LogP) is -0.0397. The average molecular weight is 178 g/mol. The van der Waals surface area contributed by atoms with E-state index in [2.05, 4.69) is 0 Å². The molecule has 0 spiro atoms. The van der Waals surface area contributed by atoms with Gasteiger partial charge in [0.05, 0.1) is 5.56 Å². The van der Waals surface area contributed by atoms with Crippen LogP contribution in [-0.2, 0) is 0 Å². The maximum Gasteiger partial charge on any atom is 0.127 e. The third-order valence-electron chi connectivity index (χ3n) is 1.60. The van der Waals surface area contributed by atoms with Crippen LogP contribution in [0.1, 0.15) is 11.1 Å². The van der Waals surface area contributed by atoms with Crippen LogP contribution in [-0.4, -0.2) is 16.8 Å². The Morgan fingerprint density at radius 1 is 1.15 bits per heavy atom. The standard InChI is InChI=1S/C8H10N4O/c9-7(10)4-2-1-3-5(13)6(4)8(11)12/h1-3,13H,(H3,9,10)(H3,11,12). The van der Waals surface area contributed by atoms with Gasteiger partial charge in [0.2, 0.25) is 0 Å². The molecule has 0 heterocycles. The molecule has 0 atom stereocenters. The number of nitrogens with two attached hydrogens (primary N) is 2. The van der Waals surface area contributed by atoms with Gasteiger partial charge in [-0.1, -0.05) is 12.1 Å². The number of aromatic hydroxyl groups is 1. The van der Waals surface area contributed by atoms with E-state index in [1.807, 2.05) is 0 Å². The highest BCUT2D eigenvalue weighted by atomic mass is 16.3. The summed E-state index contributed by atoms with van der Waals surface area (Å²) >= 11 is 0. The highest BCUT2D eigenvalue weighted by Gasteiger charge is 2.11. The molecule has 1 aromatic carbocycles. The molecule has 0 saturated heterocycles. The van der Waals surface area contributed by atoms with Crippen molar-refractivity contribution in [2.75, 3.05) is 0 Å². The molecule has 0 saturated carbocycles. The quantitative estimate of drug-likeness (QED) is 0.323. The van der Waals surface area contributed by atoms with Gasteiger partial charge in [0.25, 0.3) is 0 Å². The fraction of sp³-hybridized carbons (Fsp3) is 0. The van der Waals surface area contributed by atoms with Gasteiger partial charge >= 0.3 is 0 Å². The Morgan fingerprint density at radius 3 is 2.15 bits per heavy atom. The number of rotatable bonds is 2. The Bertz CT molecular complexity index is 372. The lowest BCUT2D eigenvalue weighted by atomic mass is 10.0. The molecule has 5 heteroatoms. The normalized spacial score (nSPS) is 9.54.